The summed E-state index contributed by atoms with van der Waals surface area (Å²) in [4.78, 5) is 50.0. The molecule has 10 heteroatoms. The average molecular weight is 547 g/mol. The molecule has 0 bridgehead atoms. The number of aromatic hydroxyl groups is 3. The lowest BCUT2D eigenvalue weighted by Gasteiger charge is -2.37. The lowest BCUT2D eigenvalue weighted by molar-refractivity contribution is -0.155. The van der Waals surface area contributed by atoms with Gasteiger partial charge in [0.15, 0.2) is 12.4 Å². The summed E-state index contributed by atoms with van der Waals surface area (Å²) in [7, 11) is 0. The third kappa shape index (κ3) is 4.00. The van der Waals surface area contributed by atoms with Crippen LogP contribution in [0.15, 0.2) is 18.2 Å². The normalized spacial score (nSPS) is 20.6. The molecule has 2 aliphatic carbocycles. The van der Waals surface area contributed by atoms with E-state index in [0.717, 1.165) is 6.42 Å². The molecule has 9 nitrogen and oxygen atoms in total. The number of phenols is 3. The number of unbranched alkanes of at least 4 members (excludes halogenated alkanes) is 1. The Labute approximate surface area is 208 Å². The second-order valence-corrected chi connectivity index (χ2v) is 9.87. The summed E-state index contributed by atoms with van der Waals surface area (Å²) in [5, 5.41) is 43.4. The molecule has 0 heterocycles. The Morgan fingerprint density at radius 3 is 2.46 bits per heavy atom. The molecular formula is C25H23BrO9. The number of hydrogen-bond acceptors (Lipinski definition) is 9. The van der Waals surface area contributed by atoms with E-state index < -0.39 is 75.2 Å². The quantitative estimate of drug-likeness (QED) is 0.207. The van der Waals surface area contributed by atoms with Crippen LogP contribution in [0.3, 0.4) is 0 Å². The molecule has 0 aliphatic heterocycles. The molecule has 2 aromatic rings. The van der Waals surface area contributed by atoms with Gasteiger partial charge in [0.1, 0.15) is 22.8 Å². The van der Waals surface area contributed by atoms with Crippen molar-refractivity contribution in [2.24, 2.45) is 0 Å². The fourth-order valence-corrected chi connectivity index (χ4v) is 5.66. The average Bonchev–Trinajstić information content (AvgIpc) is 2.81. The Bertz CT molecular complexity index is 1280. The summed E-state index contributed by atoms with van der Waals surface area (Å²) in [5.41, 5.74) is -3.43. The van der Waals surface area contributed by atoms with Crippen LogP contribution in [0.2, 0.25) is 0 Å². The van der Waals surface area contributed by atoms with Crippen molar-refractivity contribution in [1.29, 1.82) is 0 Å². The first-order valence-corrected chi connectivity index (χ1v) is 12.0. The van der Waals surface area contributed by atoms with Gasteiger partial charge in [0.25, 0.3) is 0 Å². The monoisotopic (exact) mass is 546 g/mol. The van der Waals surface area contributed by atoms with Gasteiger partial charge in [-0.3, -0.25) is 19.2 Å². The van der Waals surface area contributed by atoms with E-state index in [-0.39, 0.29) is 35.1 Å². The summed E-state index contributed by atoms with van der Waals surface area (Å²) >= 11 is 3.30. The van der Waals surface area contributed by atoms with Crippen molar-refractivity contribution in [3.63, 3.8) is 0 Å². The van der Waals surface area contributed by atoms with Gasteiger partial charge in [-0.1, -0.05) is 41.4 Å². The number of Topliss-reactive ketones (excluding diaryl/α,β-unsaturated/α-hetero) is 1. The van der Waals surface area contributed by atoms with Crippen molar-refractivity contribution in [3.05, 3.63) is 51.6 Å². The molecule has 0 aromatic heterocycles. The number of carbonyl (C=O) groups is 4. The lowest BCUT2D eigenvalue weighted by atomic mass is 9.73. The smallest absolute Gasteiger partial charge is 0.306 e. The Hall–Kier alpha value is -3.24. The van der Waals surface area contributed by atoms with E-state index in [1.165, 1.54) is 18.2 Å². The first-order chi connectivity index (χ1) is 16.5. The van der Waals surface area contributed by atoms with Crippen molar-refractivity contribution in [2.45, 2.75) is 49.5 Å². The topological polar surface area (TPSA) is 158 Å². The zero-order valence-electron chi connectivity index (χ0n) is 18.8. The maximum Gasteiger partial charge on any atom is 0.306 e. The molecule has 0 fully saturated rings. The third-order valence-electron chi connectivity index (χ3n) is 6.48. The first kappa shape index (κ1) is 24.9. The van der Waals surface area contributed by atoms with Crippen LogP contribution in [0.25, 0.3) is 0 Å². The predicted molar refractivity (Wildman–Crippen MR) is 125 cm³/mol. The molecule has 0 saturated heterocycles. The maximum absolute atomic E-state index is 13.2. The molecule has 0 radical (unpaired) electrons. The van der Waals surface area contributed by atoms with Crippen LogP contribution in [-0.4, -0.2) is 56.0 Å². The fraction of sp³-hybridized carbons (Fsp3) is 0.360. The maximum atomic E-state index is 13.2. The number of esters is 1. The summed E-state index contributed by atoms with van der Waals surface area (Å²) in [6.07, 6.45) is 0.783. The van der Waals surface area contributed by atoms with E-state index in [1.807, 2.05) is 6.92 Å². The fourth-order valence-electron chi connectivity index (χ4n) is 4.63. The van der Waals surface area contributed by atoms with Gasteiger partial charge in [-0.25, -0.2) is 0 Å². The molecule has 0 saturated carbocycles. The number of hydrogen-bond donors (Lipinski definition) is 4. The standard InChI is InChI=1S/C25H23BrO9/c1-2-3-7-16(29)35-10-15(28)25(34)8-12-17(13(26)9-25)23(32)20-19(22(12)31)21(30)11-5-4-6-14(27)18(11)24(20)33/h4-6,13,27,31-32,34H,2-3,7-10H2,1H3/t13?,25-/m0/s1. The van der Waals surface area contributed by atoms with Gasteiger partial charge < -0.3 is 25.2 Å². The third-order valence-corrected chi connectivity index (χ3v) is 7.26. The molecular weight excluding hydrogens is 524 g/mol. The van der Waals surface area contributed by atoms with Gasteiger partial charge in [0.2, 0.25) is 11.6 Å². The number of rotatable bonds is 6. The van der Waals surface area contributed by atoms with E-state index in [0.29, 0.717) is 6.42 Å². The molecule has 2 aliphatic rings. The predicted octanol–water partition coefficient (Wildman–Crippen LogP) is 2.99. The van der Waals surface area contributed by atoms with Gasteiger partial charge in [0, 0.05) is 40.8 Å². The highest BCUT2D eigenvalue weighted by Gasteiger charge is 2.48. The minimum atomic E-state index is -2.07. The Morgan fingerprint density at radius 2 is 1.77 bits per heavy atom. The lowest BCUT2D eigenvalue weighted by Crippen LogP contribution is -2.46. The molecule has 4 rings (SSSR count). The minimum absolute atomic E-state index is 0.0543. The number of ether oxygens (including phenoxy) is 1. The highest BCUT2D eigenvalue weighted by atomic mass is 79.9. The number of halogens is 1. The van der Waals surface area contributed by atoms with Crippen molar-refractivity contribution in [1.82, 2.24) is 0 Å². The van der Waals surface area contributed by atoms with E-state index in [9.17, 15) is 39.6 Å². The molecule has 1 unspecified atom stereocenters. The molecule has 184 valence electrons. The Morgan fingerprint density at radius 1 is 1.09 bits per heavy atom. The van der Waals surface area contributed by atoms with Gasteiger partial charge in [0.05, 0.1) is 16.7 Å². The van der Waals surface area contributed by atoms with Crippen molar-refractivity contribution < 1.29 is 44.3 Å². The second-order valence-electron chi connectivity index (χ2n) is 8.76. The van der Waals surface area contributed by atoms with Crippen molar-refractivity contribution >= 4 is 39.2 Å². The van der Waals surface area contributed by atoms with Crippen LogP contribution in [-0.2, 0) is 20.7 Å². The van der Waals surface area contributed by atoms with Crippen LogP contribution >= 0.6 is 15.9 Å². The summed E-state index contributed by atoms with van der Waals surface area (Å²) in [6.45, 7) is 1.23. The molecule has 4 N–H and O–H groups in total. The second kappa shape index (κ2) is 9.09. The van der Waals surface area contributed by atoms with E-state index >= 15 is 0 Å². The van der Waals surface area contributed by atoms with Crippen LogP contribution in [0, 0.1) is 0 Å². The van der Waals surface area contributed by atoms with Gasteiger partial charge in [-0.2, -0.15) is 0 Å². The highest BCUT2D eigenvalue weighted by molar-refractivity contribution is 9.09. The first-order valence-electron chi connectivity index (χ1n) is 11.1. The Kier molecular flexibility index (Phi) is 6.46. The number of fused-ring (bicyclic) bond motifs is 3. The highest BCUT2D eigenvalue weighted by Crippen LogP contribution is 2.53. The molecule has 2 aromatic carbocycles. The van der Waals surface area contributed by atoms with E-state index in [2.05, 4.69) is 15.9 Å². The summed E-state index contributed by atoms with van der Waals surface area (Å²) in [5.74, 6) is -4.66. The number of ketones is 3. The van der Waals surface area contributed by atoms with Crippen molar-refractivity contribution in [3.8, 4) is 17.2 Å². The number of benzene rings is 2. The van der Waals surface area contributed by atoms with Crippen LogP contribution in [0.4, 0.5) is 0 Å². The number of alkyl halides is 1. The summed E-state index contributed by atoms with van der Waals surface area (Å²) < 4.78 is 4.98. The summed E-state index contributed by atoms with van der Waals surface area (Å²) in [6, 6.07) is 3.92. The zero-order valence-corrected chi connectivity index (χ0v) is 20.3. The number of carbonyl (C=O) groups excluding carboxylic acids is 4. The van der Waals surface area contributed by atoms with Crippen LogP contribution in [0.5, 0.6) is 17.2 Å². The van der Waals surface area contributed by atoms with Crippen molar-refractivity contribution in [2.75, 3.05) is 6.61 Å². The molecule has 2 atom stereocenters. The van der Waals surface area contributed by atoms with Crippen LogP contribution in [0.1, 0.15) is 80.4 Å². The number of phenolic OH excluding ortho intramolecular Hbond substituents is 3. The van der Waals surface area contributed by atoms with E-state index in [4.69, 9.17) is 4.74 Å². The van der Waals surface area contributed by atoms with Gasteiger partial charge >= 0.3 is 5.97 Å². The van der Waals surface area contributed by atoms with Crippen LogP contribution < -0.4 is 0 Å². The molecule has 0 amide bonds. The zero-order chi connectivity index (χ0) is 25.7. The SMILES string of the molecule is CCCCC(=O)OCC(=O)[C@]1(O)Cc2c(O)c3c(c(O)c2C(Br)C1)C(=O)c1c(O)cccc1C3=O. The van der Waals surface area contributed by atoms with Gasteiger partial charge in [-0.05, 0) is 12.5 Å². The van der Waals surface area contributed by atoms with Gasteiger partial charge in [-0.15, -0.1) is 0 Å². The number of aliphatic hydroxyl groups is 1. The molecule has 35 heavy (non-hydrogen) atoms. The minimum Gasteiger partial charge on any atom is -0.507 e. The largest absolute Gasteiger partial charge is 0.507 e. The molecule has 0 spiro atoms. The Balaban J connectivity index is 1.74. The van der Waals surface area contributed by atoms with E-state index in [1.54, 1.807) is 0 Å².